The molecule has 0 aromatic rings. The maximum Gasteiger partial charge on any atom is 0.00472 e. The summed E-state index contributed by atoms with van der Waals surface area (Å²) in [6, 6.07) is 0. The molecule has 2 rings (SSSR count). The third-order valence-electron chi connectivity index (χ3n) is 5.68. The van der Waals surface area contributed by atoms with E-state index in [1.807, 2.05) is 0 Å². The summed E-state index contributed by atoms with van der Waals surface area (Å²) in [4.78, 5) is 5.13. The van der Waals surface area contributed by atoms with Gasteiger partial charge < -0.3 is 15.1 Å². The van der Waals surface area contributed by atoms with Gasteiger partial charge in [0, 0.05) is 19.6 Å². The molecule has 0 atom stereocenters. The van der Waals surface area contributed by atoms with Gasteiger partial charge in [0.25, 0.3) is 0 Å². The van der Waals surface area contributed by atoms with Crippen molar-refractivity contribution >= 4 is 0 Å². The van der Waals surface area contributed by atoms with E-state index in [-0.39, 0.29) is 0 Å². The predicted octanol–water partition coefficient (Wildman–Crippen LogP) is 2.82. The molecule has 1 saturated heterocycles. The van der Waals surface area contributed by atoms with Crippen LogP contribution in [0, 0.1) is 11.3 Å². The van der Waals surface area contributed by atoms with Gasteiger partial charge in [-0.3, -0.25) is 0 Å². The topological polar surface area (TPSA) is 18.5 Å². The molecule has 0 unspecified atom stereocenters. The van der Waals surface area contributed by atoms with Gasteiger partial charge in [-0.25, -0.2) is 0 Å². The van der Waals surface area contributed by atoms with E-state index in [2.05, 4.69) is 36.1 Å². The summed E-state index contributed by atoms with van der Waals surface area (Å²) < 4.78 is 0. The Balaban J connectivity index is 1.81. The van der Waals surface area contributed by atoms with E-state index < -0.39 is 0 Å². The lowest BCUT2D eigenvalue weighted by Crippen LogP contribution is -2.46. The molecular formula is C18H37N3. The Labute approximate surface area is 132 Å². The second-order valence-electron chi connectivity index (χ2n) is 7.78. The standard InChI is InChI=1S/C18H37N3/c1-4-19-15-18(10-6-5-7-11-18)16-21(3)14-17-8-12-20(2)13-9-17/h17,19H,4-16H2,1-3H3. The Hall–Kier alpha value is -0.120. The number of likely N-dealkylation sites (tertiary alicyclic amines) is 1. The lowest BCUT2D eigenvalue weighted by Gasteiger charge is -2.42. The van der Waals surface area contributed by atoms with Gasteiger partial charge in [0.05, 0.1) is 0 Å². The SMILES string of the molecule is CCNCC1(CN(C)CC2CCN(C)CC2)CCCCC1. The maximum atomic E-state index is 3.64. The smallest absolute Gasteiger partial charge is 0.00472 e. The maximum absolute atomic E-state index is 3.64. The summed E-state index contributed by atoms with van der Waals surface area (Å²) in [6.07, 6.45) is 9.96. The molecule has 0 radical (unpaired) electrons. The summed E-state index contributed by atoms with van der Waals surface area (Å²) in [5, 5.41) is 3.64. The van der Waals surface area contributed by atoms with Gasteiger partial charge in [0.15, 0.2) is 0 Å². The van der Waals surface area contributed by atoms with Crippen molar-refractivity contribution in [2.75, 3.05) is 53.4 Å². The zero-order valence-corrected chi connectivity index (χ0v) is 14.7. The minimum atomic E-state index is 0.550. The highest BCUT2D eigenvalue weighted by Gasteiger charge is 2.33. The molecule has 0 aromatic heterocycles. The normalized spacial score (nSPS) is 24.6. The Morgan fingerprint density at radius 1 is 1.14 bits per heavy atom. The van der Waals surface area contributed by atoms with E-state index in [4.69, 9.17) is 0 Å². The van der Waals surface area contributed by atoms with E-state index >= 15 is 0 Å². The minimum Gasteiger partial charge on any atom is -0.316 e. The third-order valence-corrected chi connectivity index (χ3v) is 5.68. The molecule has 0 amide bonds. The average molecular weight is 296 g/mol. The Morgan fingerprint density at radius 3 is 2.43 bits per heavy atom. The molecule has 3 heteroatoms. The monoisotopic (exact) mass is 295 g/mol. The molecule has 1 aliphatic heterocycles. The summed E-state index contributed by atoms with van der Waals surface area (Å²) in [5.41, 5.74) is 0.550. The Morgan fingerprint density at radius 2 is 1.81 bits per heavy atom. The van der Waals surface area contributed by atoms with Crippen LogP contribution < -0.4 is 5.32 Å². The van der Waals surface area contributed by atoms with Crippen molar-refractivity contribution in [3.63, 3.8) is 0 Å². The second-order valence-corrected chi connectivity index (χ2v) is 7.78. The molecule has 3 nitrogen and oxygen atoms in total. The molecule has 0 aromatic carbocycles. The molecule has 1 aliphatic carbocycles. The molecule has 21 heavy (non-hydrogen) atoms. The molecule has 0 bridgehead atoms. The van der Waals surface area contributed by atoms with Crippen LogP contribution in [0.25, 0.3) is 0 Å². The largest absolute Gasteiger partial charge is 0.316 e. The number of piperidine rings is 1. The van der Waals surface area contributed by atoms with E-state index in [0.717, 1.165) is 12.5 Å². The van der Waals surface area contributed by atoms with Crippen LogP contribution >= 0.6 is 0 Å². The Bertz CT molecular complexity index is 278. The van der Waals surface area contributed by atoms with Gasteiger partial charge in [-0.1, -0.05) is 26.2 Å². The molecule has 2 aliphatic rings. The fraction of sp³-hybridized carbons (Fsp3) is 1.00. The lowest BCUT2D eigenvalue weighted by molar-refractivity contribution is 0.0964. The van der Waals surface area contributed by atoms with Crippen LogP contribution in [0.3, 0.4) is 0 Å². The van der Waals surface area contributed by atoms with E-state index in [9.17, 15) is 0 Å². The Kier molecular flexibility index (Phi) is 6.97. The molecule has 2 fully saturated rings. The molecule has 1 N–H and O–H groups in total. The van der Waals surface area contributed by atoms with Crippen molar-refractivity contribution in [2.45, 2.75) is 51.9 Å². The van der Waals surface area contributed by atoms with Crippen molar-refractivity contribution in [1.29, 1.82) is 0 Å². The first-order chi connectivity index (χ1) is 10.1. The first-order valence-corrected chi connectivity index (χ1v) is 9.21. The van der Waals surface area contributed by atoms with Crippen molar-refractivity contribution in [1.82, 2.24) is 15.1 Å². The first kappa shape index (κ1) is 17.2. The fourth-order valence-corrected chi connectivity index (χ4v) is 4.41. The van der Waals surface area contributed by atoms with Crippen LogP contribution in [0.4, 0.5) is 0 Å². The van der Waals surface area contributed by atoms with E-state index in [1.165, 1.54) is 77.7 Å². The highest BCUT2D eigenvalue weighted by molar-refractivity contribution is 4.88. The molecule has 1 heterocycles. The van der Waals surface area contributed by atoms with Gasteiger partial charge in [0.1, 0.15) is 0 Å². The first-order valence-electron chi connectivity index (χ1n) is 9.21. The van der Waals surface area contributed by atoms with Crippen molar-refractivity contribution in [3.05, 3.63) is 0 Å². The van der Waals surface area contributed by atoms with Gasteiger partial charge in [-0.2, -0.15) is 0 Å². The van der Waals surface area contributed by atoms with Crippen LogP contribution in [0.1, 0.15) is 51.9 Å². The number of nitrogens with zero attached hydrogens (tertiary/aromatic N) is 2. The molecular weight excluding hydrogens is 258 g/mol. The van der Waals surface area contributed by atoms with Gasteiger partial charge in [-0.15, -0.1) is 0 Å². The predicted molar refractivity (Wildman–Crippen MR) is 91.8 cm³/mol. The molecule has 0 spiro atoms. The van der Waals surface area contributed by atoms with Gasteiger partial charge in [0.2, 0.25) is 0 Å². The number of hydrogen-bond donors (Lipinski definition) is 1. The number of rotatable bonds is 7. The molecule has 1 saturated carbocycles. The van der Waals surface area contributed by atoms with Gasteiger partial charge >= 0.3 is 0 Å². The average Bonchev–Trinajstić information content (AvgIpc) is 2.48. The fourth-order valence-electron chi connectivity index (χ4n) is 4.41. The summed E-state index contributed by atoms with van der Waals surface area (Å²) >= 11 is 0. The summed E-state index contributed by atoms with van der Waals surface area (Å²) in [5.74, 6) is 0.922. The minimum absolute atomic E-state index is 0.550. The van der Waals surface area contributed by atoms with Crippen molar-refractivity contribution in [2.24, 2.45) is 11.3 Å². The second kappa shape index (κ2) is 8.50. The van der Waals surface area contributed by atoms with Crippen LogP contribution in [0.2, 0.25) is 0 Å². The summed E-state index contributed by atoms with van der Waals surface area (Å²) in [7, 11) is 4.62. The third kappa shape index (κ3) is 5.54. The highest BCUT2D eigenvalue weighted by Crippen LogP contribution is 2.36. The number of nitrogens with one attached hydrogen (secondary N) is 1. The summed E-state index contributed by atoms with van der Waals surface area (Å²) in [6.45, 7) is 9.76. The van der Waals surface area contributed by atoms with Crippen LogP contribution in [0.5, 0.6) is 0 Å². The van der Waals surface area contributed by atoms with E-state index in [0.29, 0.717) is 5.41 Å². The quantitative estimate of drug-likeness (QED) is 0.779. The van der Waals surface area contributed by atoms with Crippen molar-refractivity contribution < 1.29 is 0 Å². The van der Waals surface area contributed by atoms with Crippen molar-refractivity contribution in [3.8, 4) is 0 Å². The zero-order valence-electron chi connectivity index (χ0n) is 14.7. The van der Waals surface area contributed by atoms with Crippen LogP contribution in [-0.2, 0) is 0 Å². The zero-order chi connectivity index (χ0) is 15.1. The van der Waals surface area contributed by atoms with Gasteiger partial charge in [-0.05, 0) is 70.7 Å². The number of hydrogen-bond acceptors (Lipinski definition) is 3. The molecule has 124 valence electrons. The van der Waals surface area contributed by atoms with E-state index in [1.54, 1.807) is 0 Å². The lowest BCUT2D eigenvalue weighted by atomic mass is 9.73. The van der Waals surface area contributed by atoms with Crippen LogP contribution in [-0.4, -0.2) is 63.2 Å². The van der Waals surface area contributed by atoms with Crippen LogP contribution in [0.15, 0.2) is 0 Å². The highest BCUT2D eigenvalue weighted by atomic mass is 15.1.